The number of urea groups is 1. The molecule has 0 bridgehead atoms. The fraction of sp³-hybridized carbons (Fsp3) is 0.0909. The van der Waals surface area contributed by atoms with Crippen LogP contribution in [0.3, 0.4) is 0 Å². The molecule has 0 fully saturated rings. The van der Waals surface area contributed by atoms with E-state index in [-0.39, 0.29) is 12.1 Å². The average Bonchev–Trinajstić information content (AvgIpc) is 2.91. The molecule has 2 rings (SSSR count). The number of halogens is 1. The van der Waals surface area contributed by atoms with Crippen LogP contribution in [0.1, 0.15) is 16.2 Å². The summed E-state index contributed by atoms with van der Waals surface area (Å²) in [6.07, 6.45) is 1.16. The van der Waals surface area contributed by atoms with E-state index in [4.69, 9.17) is 5.11 Å². The number of benzene rings is 1. The van der Waals surface area contributed by atoms with Crippen LogP contribution in [0, 0.1) is 0 Å². The summed E-state index contributed by atoms with van der Waals surface area (Å²) >= 11 is 3.19. The predicted molar refractivity (Wildman–Crippen MR) is 71.3 cm³/mol. The molecule has 0 radical (unpaired) electrons. The van der Waals surface area contributed by atoms with E-state index in [0.717, 1.165) is 6.39 Å². The number of carbonyl (C=O) groups is 2. The van der Waals surface area contributed by atoms with Gasteiger partial charge >= 0.3 is 12.0 Å². The van der Waals surface area contributed by atoms with Crippen molar-refractivity contribution in [1.82, 2.24) is 15.5 Å². The van der Waals surface area contributed by atoms with E-state index >= 15 is 0 Å². The summed E-state index contributed by atoms with van der Waals surface area (Å²) < 4.78 is 4.99. The number of hydrogen-bond acceptors (Lipinski definition) is 5. The first-order chi connectivity index (χ1) is 9.56. The number of carboxylic acid groups (broad SMARTS) is 1. The molecule has 20 heavy (non-hydrogen) atoms. The number of anilines is 1. The van der Waals surface area contributed by atoms with Crippen molar-refractivity contribution in [3.63, 3.8) is 0 Å². The van der Waals surface area contributed by atoms with Crippen LogP contribution < -0.4 is 10.6 Å². The van der Waals surface area contributed by atoms with Gasteiger partial charge in [0.2, 0.25) is 6.39 Å². The summed E-state index contributed by atoms with van der Waals surface area (Å²) in [5.41, 5.74) is 0.565. The molecule has 1 aromatic heterocycles. The second-order valence-corrected chi connectivity index (χ2v) is 4.51. The van der Waals surface area contributed by atoms with Crippen LogP contribution in [-0.2, 0) is 6.54 Å². The number of carboxylic acids is 1. The Hall–Kier alpha value is -2.42. The van der Waals surface area contributed by atoms with Crippen LogP contribution in [0.15, 0.2) is 33.6 Å². The molecule has 104 valence electrons. The van der Waals surface area contributed by atoms with E-state index < -0.39 is 12.0 Å². The number of amides is 2. The van der Waals surface area contributed by atoms with Gasteiger partial charge in [-0.3, -0.25) is 0 Å². The van der Waals surface area contributed by atoms with Gasteiger partial charge in [-0.25, -0.2) is 9.59 Å². The number of carbonyl (C=O) groups excluding carboxylic acids is 1. The summed E-state index contributed by atoms with van der Waals surface area (Å²) in [6.45, 7) is 0.118. The van der Waals surface area contributed by atoms with Crippen molar-refractivity contribution in [1.29, 1.82) is 0 Å². The van der Waals surface area contributed by atoms with Crippen molar-refractivity contribution in [2.24, 2.45) is 0 Å². The largest absolute Gasteiger partial charge is 0.478 e. The molecular formula is C11H9BrN4O4. The van der Waals surface area contributed by atoms with Crippen molar-refractivity contribution in [3.8, 4) is 0 Å². The van der Waals surface area contributed by atoms with Gasteiger partial charge in [-0.2, -0.15) is 4.98 Å². The first kappa shape index (κ1) is 14.0. The third-order valence-electron chi connectivity index (χ3n) is 2.28. The van der Waals surface area contributed by atoms with Crippen molar-refractivity contribution in [2.45, 2.75) is 6.54 Å². The van der Waals surface area contributed by atoms with E-state index in [1.54, 1.807) is 0 Å². The van der Waals surface area contributed by atoms with Gasteiger partial charge in [0.1, 0.15) is 0 Å². The van der Waals surface area contributed by atoms with E-state index in [1.807, 2.05) is 0 Å². The second-order valence-electron chi connectivity index (χ2n) is 3.65. The first-order valence-corrected chi connectivity index (χ1v) is 6.18. The lowest BCUT2D eigenvalue weighted by atomic mass is 10.2. The number of nitrogens with zero attached hydrogens (tertiary/aromatic N) is 2. The minimum absolute atomic E-state index is 0.118. The molecule has 2 amide bonds. The monoisotopic (exact) mass is 340 g/mol. The van der Waals surface area contributed by atoms with Crippen molar-refractivity contribution < 1.29 is 19.2 Å². The summed E-state index contributed by atoms with van der Waals surface area (Å²) in [4.78, 5) is 26.2. The highest BCUT2D eigenvalue weighted by Crippen LogP contribution is 2.23. The quantitative estimate of drug-likeness (QED) is 0.781. The van der Waals surface area contributed by atoms with Crippen molar-refractivity contribution in [3.05, 3.63) is 40.5 Å². The fourth-order valence-corrected chi connectivity index (χ4v) is 1.82. The minimum Gasteiger partial charge on any atom is -0.478 e. The second kappa shape index (κ2) is 6.15. The SMILES string of the molecule is O=C(NCc1ncon1)Nc1ccc(C(=O)O)cc1Br. The van der Waals surface area contributed by atoms with Gasteiger partial charge in [-0.05, 0) is 34.1 Å². The van der Waals surface area contributed by atoms with Crippen molar-refractivity contribution >= 4 is 33.6 Å². The average molecular weight is 341 g/mol. The van der Waals surface area contributed by atoms with Gasteiger partial charge in [-0.15, -0.1) is 0 Å². The number of hydrogen-bond donors (Lipinski definition) is 3. The highest BCUT2D eigenvalue weighted by molar-refractivity contribution is 9.10. The van der Waals surface area contributed by atoms with Gasteiger partial charge in [-0.1, -0.05) is 5.16 Å². The van der Waals surface area contributed by atoms with Gasteiger partial charge in [0, 0.05) is 4.47 Å². The third-order valence-corrected chi connectivity index (χ3v) is 2.93. The summed E-state index contributed by atoms with van der Waals surface area (Å²) in [6, 6.07) is 3.80. The molecule has 0 aliphatic rings. The molecule has 0 unspecified atom stereocenters. The molecule has 9 heteroatoms. The number of rotatable bonds is 4. The lowest BCUT2D eigenvalue weighted by molar-refractivity contribution is 0.0697. The standard InChI is InChI=1S/C11H9BrN4O4/c12-7-3-6(10(17)18)1-2-8(7)15-11(19)13-4-9-14-5-20-16-9/h1-3,5H,4H2,(H,17,18)(H2,13,15,19). The van der Waals surface area contributed by atoms with Crippen LogP contribution >= 0.6 is 15.9 Å². The highest BCUT2D eigenvalue weighted by atomic mass is 79.9. The fourth-order valence-electron chi connectivity index (χ4n) is 1.35. The highest BCUT2D eigenvalue weighted by Gasteiger charge is 2.09. The van der Waals surface area contributed by atoms with Gasteiger partial charge in [0.25, 0.3) is 0 Å². The molecule has 0 saturated heterocycles. The topological polar surface area (TPSA) is 117 Å². The zero-order valence-electron chi connectivity index (χ0n) is 9.96. The van der Waals surface area contributed by atoms with E-state index in [1.165, 1.54) is 18.2 Å². The van der Waals surface area contributed by atoms with Crippen molar-refractivity contribution in [2.75, 3.05) is 5.32 Å². The molecular weight excluding hydrogens is 332 g/mol. The lowest BCUT2D eigenvalue weighted by Gasteiger charge is -2.08. The normalized spacial score (nSPS) is 10.1. The van der Waals surface area contributed by atoms with Gasteiger partial charge in [0.15, 0.2) is 5.82 Å². The lowest BCUT2D eigenvalue weighted by Crippen LogP contribution is -2.28. The van der Waals surface area contributed by atoms with Crippen LogP contribution in [0.4, 0.5) is 10.5 Å². The Morgan fingerprint density at radius 1 is 1.40 bits per heavy atom. The molecule has 0 saturated carbocycles. The summed E-state index contributed by atoms with van der Waals surface area (Å²) in [5.74, 6) is -0.695. The molecule has 2 aromatic rings. The van der Waals surface area contributed by atoms with Crippen LogP contribution in [0.5, 0.6) is 0 Å². The third kappa shape index (κ3) is 3.54. The predicted octanol–water partition coefficient (Wildman–Crippen LogP) is 1.85. The maximum Gasteiger partial charge on any atom is 0.335 e. The smallest absolute Gasteiger partial charge is 0.335 e. The number of aromatic carboxylic acids is 1. The Morgan fingerprint density at radius 3 is 2.80 bits per heavy atom. The van der Waals surface area contributed by atoms with E-state index in [2.05, 4.69) is 41.2 Å². The Bertz CT molecular complexity index is 629. The molecule has 0 atom stereocenters. The molecule has 1 aromatic carbocycles. The number of nitrogens with one attached hydrogen (secondary N) is 2. The first-order valence-electron chi connectivity index (χ1n) is 5.39. The van der Waals surface area contributed by atoms with E-state index in [0.29, 0.717) is 16.0 Å². The molecule has 0 spiro atoms. The minimum atomic E-state index is -1.04. The van der Waals surface area contributed by atoms with Gasteiger partial charge < -0.3 is 20.3 Å². The Labute approximate surface area is 121 Å². The Morgan fingerprint density at radius 2 is 2.20 bits per heavy atom. The zero-order valence-corrected chi connectivity index (χ0v) is 11.5. The van der Waals surface area contributed by atoms with Gasteiger partial charge in [0.05, 0.1) is 17.8 Å². The molecule has 8 nitrogen and oxygen atoms in total. The maximum atomic E-state index is 11.6. The summed E-state index contributed by atoms with van der Waals surface area (Å²) in [5, 5.41) is 17.5. The zero-order chi connectivity index (χ0) is 14.5. The van der Waals surface area contributed by atoms with Crippen LogP contribution in [-0.4, -0.2) is 27.2 Å². The Balaban J connectivity index is 1.95. The molecule has 1 heterocycles. The van der Waals surface area contributed by atoms with Crippen LogP contribution in [0.25, 0.3) is 0 Å². The molecule has 0 aliphatic heterocycles. The van der Waals surface area contributed by atoms with E-state index in [9.17, 15) is 9.59 Å². The molecule has 0 aliphatic carbocycles. The summed E-state index contributed by atoms with van der Waals surface area (Å²) in [7, 11) is 0. The molecule has 3 N–H and O–H groups in total. The Kier molecular flexibility index (Phi) is 4.31. The van der Waals surface area contributed by atoms with Crippen LogP contribution in [0.2, 0.25) is 0 Å². The number of aromatic nitrogens is 2. The maximum absolute atomic E-state index is 11.6.